The number of aryl methyl sites for hydroxylation is 1. The Bertz CT molecular complexity index is 793. The molecule has 0 bridgehead atoms. The van der Waals surface area contributed by atoms with Crippen molar-refractivity contribution >= 4 is 18.4 Å². The van der Waals surface area contributed by atoms with Gasteiger partial charge >= 0.3 is 0 Å². The van der Waals surface area contributed by atoms with Crippen LogP contribution in [0.3, 0.4) is 0 Å². The summed E-state index contributed by atoms with van der Waals surface area (Å²) in [4.78, 5) is 11.9. The lowest BCUT2D eigenvalue weighted by Crippen LogP contribution is -2.22. The van der Waals surface area contributed by atoms with E-state index in [2.05, 4.69) is 22.2 Å². The van der Waals surface area contributed by atoms with E-state index in [1.165, 1.54) is 19.3 Å². The maximum Gasteiger partial charge on any atom is 0.296 e. The van der Waals surface area contributed by atoms with Crippen molar-refractivity contribution < 1.29 is 4.74 Å². The van der Waals surface area contributed by atoms with E-state index in [1.807, 2.05) is 24.3 Å². The van der Waals surface area contributed by atoms with E-state index < -0.39 is 0 Å². The fourth-order valence-electron chi connectivity index (χ4n) is 2.07. The van der Waals surface area contributed by atoms with Crippen molar-refractivity contribution in [2.45, 2.75) is 39.5 Å². The second kappa shape index (κ2) is 9.12. The molecule has 0 atom stereocenters. The lowest BCUT2D eigenvalue weighted by atomic mass is 10.2. The molecule has 1 aromatic heterocycles. The summed E-state index contributed by atoms with van der Waals surface area (Å²) in [5.74, 6) is 0.831. The van der Waals surface area contributed by atoms with Crippen LogP contribution >= 0.6 is 12.2 Å². The highest BCUT2D eigenvalue weighted by Gasteiger charge is 2.01. The summed E-state index contributed by atoms with van der Waals surface area (Å²) >= 11 is 5.02. The number of benzene rings is 1. The van der Waals surface area contributed by atoms with Crippen LogP contribution in [0.2, 0.25) is 0 Å². The second-order valence-electron chi connectivity index (χ2n) is 5.45. The van der Waals surface area contributed by atoms with E-state index in [0.717, 1.165) is 29.0 Å². The molecular formula is C17H22N4O2S. The number of hydrogen-bond acceptors (Lipinski definition) is 5. The fraction of sp³-hybridized carbons (Fsp3) is 0.412. The van der Waals surface area contributed by atoms with Crippen LogP contribution in [-0.2, 0) is 0 Å². The molecule has 0 saturated heterocycles. The van der Waals surface area contributed by atoms with Crippen molar-refractivity contribution in [3.8, 4) is 5.75 Å². The third-order valence-electron chi connectivity index (χ3n) is 3.48. The third kappa shape index (κ3) is 5.13. The summed E-state index contributed by atoms with van der Waals surface area (Å²) in [5.41, 5.74) is 0.832. The van der Waals surface area contributed by atoms with E-state index in [0.29, 0.717) is 5.69 Å². The van der Waals surface area contributed by atoms with Gasteiger partial charge in [0.1, 0.15) is 11.4 Å². The first-order chi connectivity index (χ1) is 11.6. The number of hydrogen-bond donors (Lipinski definition) is 1. The smallest absolute Gasteiger partial charge is 0.296 e. The minimum atomic E-state index is -0.331. The number of rotatable bonds is 8. The molecule has 0 spiro atoms. The lowest BCUT2D eigenvalue weighted by molar-refractivity contribution is 0.305. The SMILES string of the molecule is CCCCCCOc1ccc(/C=N/n2c(=S)[nH]nc(C)c2=O)cc1. The lowest BCUT2D eigenvalue weighted by Gasteiger charge is -2.06. The van der Waals surface area contributed by atoms with Gasteiger partial charge in [0.05, 0.1) is 12.8 Å². The Hall–Kier alpha value is -2.28. The molecule has 24 heavy (non-hydrogen) atoms. The van der Waals surface area contributed by atoms with Gasteiger partial charge in [0.25, 0.3) is 5.56 Å². The quantitative estimate of drug-likeness (QED) is 0.451. The Morgan fingerprint density at radius 2 is 2.04 bits per heavy atom. The first-order valence-corrected chi connectivity index (χ1v) is 8.48. The van der Waals surface area contributed by atoms with Crippen molar-refractivity contribution in [3.63, 3.8) is 0 Å². The van der Waals surface area contributed by atoms with Crippen LogP contribution in [0.5, 0.6) is 5.75 Å². The number of ether oxygens (including phenoxy) is 1. The Morgan fingerprint density at radius 1 is 1.29 bits per heavy atom. The summed E-state index contributed by atoms with van der Waals surface area (Å²) < 4.78 is 6.98. The van der Waals surface area contributed by atoms with Gasteiger partial charge in [-0.25, -0.2) is 0 Å². The molecule has 0 aliphatic heterocycles. The minimum absolute atomic E-state index is 0.161. The zero-order valence-corrected chi connectivity index (χ0v) is 14.8. The van der Waals surface area contributed by atoms with Crippen molar-refractivity contribution in [1.82, 2.24) is 14.9 Å². The summed E-state index contributed by atoms with van der Waals surface area (Å²) in [6.45, 7) is 4.52. The van der Waals surface area contributed by atoms with E-state index in [4.69, 9.17) is 17.0 Å². The van der Waals surface area contributed by atoms with Crippen molar-refractivity contribution in [3.05, 3.63) is 50.6 Å². The second-order valence-corrected chi connectivity index (χ2v) is 5.84. The summed E-state index contributed by atoms with van der Waals surface area (Å²) in [6, 6.07) is 7.55. The molecule has 128 valence electrons. The third-order valence-corrected chi connectivity index (χ3v) is 3.75. The predicted molar refractivity (Wildman–Crippen MR) is 97.5 cm³/mol. The number of aromatic amines is 1. The molecule has 2 rings (SSSR count). The van der Waals surface area contributed by atoms with Crippen LogP contribution < -0.4 is 10.3 Å². The minimum Gasteiger partial charge on any atom is -0.494 e. The van der Waals surface area contributed by atoms with Crippen molar-refractivity contribution in [2.24, 2.45) is 5.10 Å². The largest absolute Gasteiger partial charge is 0.494 e. The van der Waals surface area contributed by atoms with Gasteiger partial charge in [0.15, 0.2) is 0 Å². The Balaban J connectivity index is 1.98. The normalized spacial score (nSPS) is 11.1. The molecule has 0 aliphatic carbocycles. The number of nitrogens with one attached hydrogen (secondary N) is 1. The molecule has 0 amide bonds. The van der Waals surface area contributed by atoms with Crippen LogP contribution in [0.15, 0.2) is 34.2 Å². The number of unbranched alkanes of at least 4 members (excludes halogenated alkanes) is 3. The number of H-pyrrole nitrogens is 1. The highest BCUT2D eigenvalue weighted by atomic mass is 32.1. The molecule has 1 N–H and O–H groups in total. The average molecular weight is 346 g/mol. The zero-order chi connectivity index (χ0) is 17.4. The van der Waals surface area contributed by atoms with Gasteiger partial charge in [0.2, 0.25) is 4.77 Å². The molecule has 0 fully saturated rings. The average Bonchev–Trinajstić information content (AvgIpc) is 2.59. The molecule has 0 saturated carbocycles. The maximum atomic E-state index is 11.9. The standard InChI is InChI=1S/C17H22N4O2S/c1-3-4-5-6-11-23-15-9-7-14(8-10-15)12-18-21-16(22)13(2)19-20-17(21)24/h7-10,12H,3-6,11H2,1-2H3,(H,20,24)/b18-12+. The van der Waals surface area contributed by atoms with E-state index in [1.54, 1.807) is 13.1 Å². The van der Waals surface area contributed by atoms with Crippen LogP contribution in [0.4, 0.5) is 0 Å². The molecule has 0 aliphatic rings. The van der Waals surface area contributed by atoms with Gasteiger partial charge in [-0.3, -0.25) is 9.89 Å². The molecule has 0 radical (unpaired) electrons. The molecule has 1 heterocycles. The van der Waals surface area contributed by atoms with Gasteiger partial charge in [-0.05, 0) is 55.4 Å². The monoisotopic (exact) mass is 346 g/mol. The van der Waals surface area contributed by atoms with Gasteiger partial charge in [-0.15, -0.1) is 0 Å². The van der Waals surface area contributed by atoms with Crippen LogP contribution in [0.25, 0.3) is 0 Å². The van der Waals surface area contributed by atoms with Gasteiger partial charge < -0.3 is 4.74 Å². The van der Waals surface area contributed by atoms with Gasteiger partial charge in [0, 0.05) is 0 Å². The topological polar surface area (TPSA) is 72.3 Å². The Kier molecular flexibility index (Phi) is 6.87. The first kappa shape index (κ1) is 18.1. The predicted octanol–water partition coefficient (Wildman–Crippen LogP) is 3.45. The zero-order valence-electron chi connectivity index (χ0n) is 14.0. The van der Waals surface area contributed by atoms with Crippen molar-refractivity contribution in [1.29, 1.82) is 0 Å². The first-order valence-electron chi connectivity index (χ1n) is 8.07. The highest BCUT2D eigenvalue weighted by molar-refractivity contribution is 7.71. The van der Waals surface area contributed by atoms with Gasteiger partial charge in [-0.1, -0.05) is 26.2 Å². The molecule has 7 heteroatoms. The Morgan fingerprint density at radius 3 is 2.75 bits per heavy atom. The summed E-state index contributed by atoms with van der Waals surface area (Å²) in [7, 11) is 0. The van der Waals surface area contributed by atoms with Gasteiger partial charge in [-0.2, -0.15) is 14.9 Å². The molecule has 0 unspecified atom stereocenters. The molecular weight excluding hydrogens is 324 g/mol. The summed E-state index contributed by atoms with van der Waals surface area (Å²) in [6.07, 6.45) is 6.31. The molecule has 2 aromatic rings. The van der Waals surface area contributed by atoms with E-state index >= 15 is 0 Å². The van der Waals surface area contributed by atoms with Crippen LogP contribution in [0, 0.1) is 11.7 Å². The van der Waals surface area contributed by atoms with Crippen LogP contribution in [-0.4, -0.2) is 27.7 Å². The molecule has 6 nitrogen and oxygen atoms in total. The summed E-state index contributed by atoms with van der Waals surface area (Å²) in [5, 5.41) is 10.5. The van der Waals surface area contributed by atoms with E-state index in [-0.39, 0.29) is 10.3 Å². The molecule has 1 aromatic carbocycles. The van der Waals surface area contributed by atoms with Crippen LogP contribution in [0.1, 0.15) is 43.9 Å². The van der Waals surface area contributed by atoms with E-state index in [9.17, 15) is 4.79 Å². The number of nitrogens with zero attached hydrogens (tertiary/aromatic N) is 3. The van der Waals surface area contributed by atoms with Crippen molar-refractivity contribution in [2.75, 3.05) is 6.61 Å². The number of aromatic nitrogens is 3. The Labute approximate surface area is 146 Å². The fourth-order valence-corrected chi connectivity index (χ4v) is 2.25. The highest BCUT2D eigenvalue weighted by Crippen LogP contribution is 2.12. The maximum absolute atomic E-state index is 11.9.